The van der Waals surface area contributed by atoms with Gasteiger partial charge < -0.3 is 5.32 Å². The zero-order valence-corrected chi connectivity index (χ0v) is 13.5. The summed E-state index contributed by atoms with van der Waals surface area (Å²) in [7, 11) is 0. The standard InChI is InChI=1S/C18H17N5O2/c24-16(20-14-5-4-10-19-11-14)12-22-18(25)23(15-6-2-1-3-7-15)17(21-22)13-8-9-13/h1-7,10-11,13H,8-9,12H2,(H,20,24). The molecule has 7 heteroatoms. The molecule has 3 aromatic rings. The molecular weight excluding hydrogens is 318 g/mol. The second kappa shape index (κ2) is 6.35. The van der Waals surface area contributed by atoms with Gasteiger partial charge >= 0.3 is 5.69 Å². The normalized spacial score (nSPS) is 13.6. The van der Waals surface area contributed by atoms with Crippen LogP contribution in [0.3, 0.4) is 0 Å². The Balaban J connectivity index is 1.62. The predicted molar refractivity (Wildman–Crippen MR) is 92.7 cm³/mol. The van der Waals surface area contributed by atoms with Gasteiger partial charge in [-0.1, -0.05) is 18.2 Å². The summed E-state index contributed by atoms with van der Waals surface area (Å²) in [5.74, 6) is 0.705. The Morgan fingerprint density at radius 3 is 2.64 bits per heavy atom. The Labute approximate surface area is 143 Å². The third-order valence-electron chi connectivity index (χ3n) is 4.06. The van der Waals surface area contributed by atoms with Crippen LogP contribution >= 0.6 is 0 Å². The van der Waals surface area contributed by atoms with Gasteiger partial charge in [0.2, 0.25) is 5.91 Å². The van der Waals surface area contributed by atoms with Gasteiger partial charge in [0.05, 0.1) is 17.6 Å². The molecule has 0 aliphatic heterocycles. The van der Waals surface area contributed by atoms with Crippen molar-refractivity contribution in [1.29, 1.82) is 0 Å². The number of nitrogens with zero attached hydrogens (tertiary/aromatic N) is 4. The van der Waals surface area contributed by atoms with Gasteiger partial charge in [0.1, 0.15) is 12.4 Å². The SMILES string of the molecule is O=C(Cn1nc(C2CC2)n(-c2ccccc2)c1=O)Nc1cccnc1. The van der Waals surface area contributed by atoms with E-state index in [0.29, 0.717) is 5.69 Å². The van der Waals surface area contributed by atoms with E-state index in [9.17, 15) is 9.59 Å². The van der Waals surface area contributed by atoms with Gasteiger partial charge in [-0.2, -0.15) is 5.10 Å². The van der Waals surface area contributed by atoms with Crippen molar-refractivity contribution in [1.82, 2.24) is 19.3 Å². The zero-order chi connectivity index (χ0) is 17.2. The Hall–Kier alpha value is -3.22. The van der Waals surface area contributed by atoms with Crippen LogP contribution in [0.2, 0.25) is 0 Å². The summed E-state index contributed by atoms with van der Waals surface area (Å²) < 4.78 is 2.83. The number of para-hydroxylation sites is 1. The molecule has 1 aliphatic carbocycles. The molecule has 0 spiro atoms. The summed E-state index contributed by atoms with van der Waals surface area (Å²) in [5, 5.41) is 7.14. The largest absolute Gasteiger partial charge is 0.351 e. The van der Waals surface area contributed by atoms with Crippen molar-refractivity contribution in [2.45, 2.75) is 25.3 Å². The highest BCUT2D eigenvalue weighted by Gasteiger charge is 2.31. The van der Waals surface area contributed by atoms with E-state index in [-0.39, 0.29) is 24.1 Å². The number of benzene rings is 1. The van der Waals surface area contributed by atoms with Crippen molar-refractivity contribution in [3.8, 4) is 5.69 Å². The lowest BCUT2D eigenvalue weighted by Crippen LogP contribution is -2.29. The van der Waals surface area contributed by atoms with Crippen LogP contribution < -0.4 is 11.0 Å². The van der Waals surface area contributed by atoms with E-state index in [4.69, 9.17) is 0 Å². The molecule has 25 heavy (non-hydrogen) atoms. The number of nitrogens with one attached hydrogen (secondary N) is 1. The van der Waals surface area contributed by atoms with Gasteiger partial charge in [-0.25, -0.2) is 14.0 Å². The second-order valence-electron chi connectivity index (χ2n) is 6.03. The van der Waals surface area contributed by atoms with Gasteiger partial charge in [-0.3, -0.25) is 9.78 Å². The molecule has 7 nitrogen and oxygen atoms in total. The van der Waals surface area contributed by atoms with Gasteiger partial charge in [0.15, 0.2) is 0 Å². The van der Waals surface area contributed by atoms with Crippen LogP contribution in [0.1, 0.15) is 24.6 Å². The molecule has 1 saturated carbocycles. The van der Waals surface area contributed by atoms with Crippen molar-refractivity contribution in [2.75, 3.05) is 5.32 Å². The molecule has 126 valence electrons. The van der Waals surface area contributed by atoms with Crippen molar-refractivity contribution in [3.05, 3.63) is 71.2 Å². The summed E-state index contributed by atoms with van der Waals surface area (Å²) in [6.07, 6.45) is 5.22. The molecule has 1 N–H and O–H groups in total. The monoisotopic (exact) mass is 335 g/mol. The van der Waals surface area contributed by atoms with Crippen LogP contribution in [-0.2, 0) is 11.3 Å². The van der Waals surface area contributed by atoms with E-state index in [1.807, 2.05) is 30.3 Å². The number of carbonyl (C=O) groups excluding carboxylic acids is 1. The first-order valence-corrected chi connectivity index (χ1v) is 8.17. The van der Waals surface area contributed by atoms with Crippen LogP contribution in [-0.4, -0.2) is 25.2 Å². The number of anilines is 1. The van der Waals surface area contributed by atoms with Crippen LogP contribution in [0.25, 0.3) is 5.69 Å². The fourth-order valence-electron chi connectivity index (χ4n) is 2.73. The van der Waals surface area contributed by atoms with Gasteiger partial charge in [-0.15, -0.1) is 0 Å². The van der Waals surface area contributed by atoms with Gasteiger partial charge in [0, 0.05) is 12.1 Å². The number of carbonyl (C=O) groups is 1. The molecule has 0 radical (unpaired) electrons. The van der Waals surface area contributed by atoms with Crippen LogP contribution in [0, 0.1) is 0 Å². The third-order valence-corrected chi connectivity index (χ3v) is 4.06. The third kappa shape index (κ3) is 3.21. The van der Waals surface area contributed by atoms with E-state index in [0.717, 1.165) is 24.4 Å². The smallest absolute Gasteiger partial charge is 0.323 e. The number of hydrogen-bond acceptors (Lipinski definition) is 4. The summed E-state index contributed by atoms with van der Waals surface area (Å²) in [5.41, 5.74) is 1.06. The van der Waals surface area contributed by atoms with Crippen LogP contribution in [0.5, 0.6) is 0 Å². The minimum Gasteiger partial charge on any atom is -0.323 e. The molecule has 4 rings (SSSR count). The number of aromatic nitrogens is 4. The van der Waals surface area contributed by atoms with Gasteiger partial charge in [-0.05, 0) is 37.1 Å². The Kier molecular flexibility index (Phi) is 3.89. The van der Waals surface area contributed by atoms with Crippen LogP contribution in [0.15, 0.2) is 59.7 Å². The molecule has 0 saturated heterocycles. The summed E-state index contributed by atoms with van der Waals surface area (Å²) >= 11 is 0. The molecule has 1 fully saturated rings. The number of amides is 1. The highest BCUT2D eigenvalue weighted by molar-refractivity contribution is 5.90. The lowest BCUT2D eigenvalue weighted by Gasteiger charge is -2.04. The molecule has 2 aromatic heterocycles. The maximum Gasteiger partial charge on any atom is 0.351 e. The molecule has 1 aromatic carbocycles. The van der Waals surface area contributed by atoms with Crippen molar-refractivity contribution >= 4 is 11.6 Å². The van der Waals surface area contributed by atoms with E-state index in [1.54, 1.807) is 29.1 Å². The lowest BCUT2D eigenvalue weighted by atomic mass is 10.3. The van der Waals surface area contributed by atoms with E-state index in [1.165, 1.54) is 4.68 Å². The number of hydrogen-bond donors (Lipinski definition) is 1. The molecule has 1 aliphatic rings. The summed E-state index contributed by atoms with van der Waals surface area (Å²) in [6.45, 7) is -0.132. The topological polar surface area (TPSA) is 81.8 Å². The van der Waals surface area contributed by atoms with Crippen molar-refractivity contribution < 1.29 is 4.79 Å². The minimum atomic E-state index is -0.310. The predicted octanol–water partition coefficient (Wildman–Crippen LogP) is 1.95. The van der Waals surface area contributed by atoms with Crippen molar-refractivity contribution in [3.63, 3.8) is 0 Å². The molecule has 0 atom stereocenters. The first kappa shape index (κ1) is 15.3. The van der Waals surface area contributed by atoms with E-state index < -0.39 is 0 Å². The summed E-state index contributed by atoms with van der Waals surface area (Å²) in [4.78, 5) is 29.0. The van der Waals surface area contributed by atoms with Gasteiger partial charge in [0.25, 0.3) is 0 Å². The molecule has 0 unspecified atom stereocenters. The fraction of sp³-hybridized carbons (Fsp3) is 0.222. The average Bonchev–Trinajstić information content (AvgIpc) is 3.42. The summed E-state index contributed by atoms with van der Waals surface area (Å²) in [6, 6.07) is 12.9. The van der Waals surface area contributed by atoms with Crippen LogP contribution in [0.4, 0.5) is 5.69 Å². The Morgan fingerprint density at radius 1 is 1.16 bits per heavy atom. The lowest BCUT2D eigenvalue weighted by molar-refractivity contribution is -0.117. The first-order valence-electron chi connectivity index (χ1n) is 8.17. The number of pyridine rings is 1. The first-order chi connectivity index (χ1) is 12.2. The number of rotatable bonds is 5. The second-order valence-corrected chi connectivity index (χ2v) is 6.03. The highest BCUT2D eigenvalue weighted by atomic mass is 16.2. The minimum absolute atomic E-state index is 0.132. The quantitative estimate of drug-likeness (QED) is 0.772. The average molecular weight is 335 g/mol. The maximum atomic E-state index is 12.8. The van der Waals surface area contributed by atoms with E-state index >= 15 is 0 Å². The zero-order valence-electron chi connectivity index (χ0n) is 13.5. The Morgan fingerprint density at radius 2 is 1.96 bits per heavy atom. The molecule has 1 amide bonds. The Bertz CT molecular complexity index is 943. The molecule has 0 bridgehead atoms. The molecule has 2 heterocycles. The fourth-order valence-corrected chi connectivity index (χ4v) is 2.73. The maximum absolute atomic E-state index is 12.8. The molecular formula is C18H17N5O2. The van der Waals surface area contributed by atoms with Crippen molar-refractivity contribution in [2.24, 2.45) is 0 Å². The van der Waals surface area contributed by atoms with E-state index in [2.05, 4.69) is 15.4 Å². The highest BCUT2D eigenvalue weighted by Crippen LogP contribution is 2.39.